The van der Waals surface area contributed by atoms with E-state index in [2.05, 4.69) is 0 Å². The zero-order valence-electron chi connectivity index (χ0n) is 11.6. The van der Waals surface area contributed by atoms with Crippen molar-refractivity contribution in [2.75, 3.05) is 13.7 Å². The molecule has 116 valence electrons. The normalized spacial score (nSPS) is 28.8. The maximum atomic E-state index is 11.1. The van der Waals surface area contributed by atoms with Crippen LogP contribution in [-0.4, -0.2) is 66.6 Å². The van der Waals surface area contributed by atoms with Crippen molar-refractivity contribution in [3.05, 3.63) is 0 Å². The van der Waals surface area contributed by atoms with Gasteiger partial charge in [0.1, 0.15) is 18.3 Å². The van der Waals surface area contributed by atoms with Gasteiger partial charge in [0.05, 0.1) is 6.61 Å². The lowest BCUT2D eigenvalue weighted by atomic mass is 10.0. The second kappa shape index (κ2) is 7.53. The van der Waals surface area contributed by atoms with Crippen molar-refractivity contribution in [2.24, 2.45) is 0 Å². The van der Waals surface area contributed by atoms with E-state index in [1.54, 1.807) is 0 Å². The van der Waals surface area contributed by atoms with E-state index in [4.69, 9.17) is 24.1 Å². The second-order valence-electron chi connectivity index (χ2n) is 4.47. The van der Waals surface area contributed by atoms with Gasteiger partial charge in [0.25, 0.3) is 0 Å². The fourth-order valence-corrected chi connectivity index (χ4v) is 2.07. The third-order valence-electron chi connectivity index (χ3n) is 2.87. The maximum Gasteiger partial charge on any atom is 0.303 e. The third kappa shape index (κ3) is 4.41. The molecule has 8 nitrogen and oxygen atoms in total. The monoisotopic (exact) mass is 292 g/mol. The van der Waals surface area contributed by atoms with Crippen molar-refractivity contribution in [3.8, 4) is 0 Å². The van der Waals surface area contributed by atoms with Crippen molar-refractivity contribution >= 4 is 11.9 Å². The Hall–Kier alpha value is -1.22. The zero-order valence-corrected chi connectivity index (χ0v) is 11.6. The minimum Gasteiger partial charge on any atom is -0.459 e. The van der Waals surface area contributed by atoms with Crippen molar-refractivity contribution in [1.29, 1.82) is 0 Å². The molecule has 0 spiro atoms. The highest BCUT2D eigenvalue weighted by Gasteiger charge is 2.46. The highest BCUT2D eigenvalue weighted by Crippen LogP contribution is 2.29. The summed E-state index contributed by atoms with van der Waals surface area (Å²) in [6, 6.07) is 0. The highest BCUT2D eigenvalue weighted by molar-refractivity contribution is 5.67. The number of hydrogen-bond acceptors (Lipinski definition) is 8. The zero-order chi connectivity index (χ0) is 15.3. The molecule has 1 unspecified atom stereocenters. The molecule has 0 aliphatic carbocycles. The summed E-state index contributed by atoms with van der Waals surface area (Å²) in [6.07, 6.45) is -4.54. The summed E-state index contributed by atoms with van der Waals surface area (Å²) in [5, 5.41) is 18.8. The van der Waals surface area contributed by atoms with Gasteiger partial charge in [0.2, 0.25) is 0 Å². The fourth-order valence-electron chi connectivity index (χ4n) is 2.07. The van der Waals surface area contributed by atoms with Crippen LogP contribution >= 0.6 is 0 Å². The van der Waals surface area contributed by atoms with Gasteiger partial charge < -0.3 is 29.2 Å². The van der Waals surface area contributed by atoms with Crippen LogP contribution in [0.25, 0.3) is 0 Å². The van der Waals surface area contributed by atoms with Gasteiger partial charge in [0.15, 0.2) is 12.4 Å². The lowest BCUT2D eigenvalue weighted by Crippen LogP contribution is -2.48. The van der Waals surface area contributed by atoms with Gasteiger partial charge >= 0.3 is 11.9 Å². The minimum absolute atomic E-state index is 0.247. The van der Waals surface area contributed by atoms with Gasteiger partial charge in [-0.2, -0.15) is 0 Å². The largest absolute Gasteiger partial charge is 0.459 e. The molecule has 1 rings (SSSR count). The number of methoxy groups -OCH3 is 1. The van der Waals surface area contributed by atoms with Crippen molar-refractivity contribution in [1.82, 2.24) is 0 Å². The Kier molecular flexibility index (Phi) is 6.34. The predicted molar refractivity (Wildman–Crippen MR) is 64.5 cm³/mol. The van der Waals surface area contributed by atoms with Crippen LogP contribution in [0.5, 0.6) is 0 Å². The predicted octanol–water partition coefficient (Wildman–Crippen LogP) is -1.04. The van der Waals surface area contributed by atoms with Gasteiger partial charge in [-0.05, 0) is 0 Å². The van der Waals surface area contributed by atoms with E-state index in [1.165, 1.54) is 21.0 Å². The summed E-state index contributed by atoms with van der Waals surface area (Å²) >= 11 is 0. The topological polar surface area (TPSA) is 112 Å². The first kappa shape index (κ1) is 16.8. The summed E-state index contributed by atoms with van der Waals surface area (Å²) in [7, 11) is 1.42. The van der Waals surface area contributed by atoms with E-state index >= 15 is 0 Å². The van der Waals surface area contributed by atoms with Gasteiger partial charge in [-0.1, -0.05) is 0 Å². The number of carbonyl (C=O) groups excluding carboxylic acids is 2. The first-order valence-electron chi connectivity index (χ1n) is 6.20. The molecule has 0 bridgehead atoms. The van der Waals surface area contributed by atoms with Crippen LogP contribution in [0.15, 0.2) is 0 Å². The number of aliphatic hydroxyl groups excluding tert-OH is 2. The van der Waals surface area contributed by atoms with Crippen LogP contribution in [0.2, 0.25) is 0 Å². The molecule has 2 N–H and O–H groups in total. The molecular weight excluding hydrogens is 272 g/mol. The number of esters is 2. The minimum atomic E-state index is -1.35. The molecule has 0 aromatic carbocycles. The SMILES string of the molecule is COC1C[C@H](OC(C)=O)[C@@H]([C@@H](OC(C)=O)[C@H](O)CO)O1. The van der Waals surface area contributed by atoms with Gasteiger partial charge in [-0.3, -0.25) is 9.59 Å². The second-order valence-corrected chi connectivity index (χ2v) is 4.47. The van der Waals surface area contributed by atoms with Crippen LogP contribution < -0.4 is 0 Å². The Morgan fingerprint density at radius 3 is 2.45 bits per heavy atom. The average Bonchev–Trinajstić information content (AvgIpc) is 2.76. The molecule has 0 amide bonds. The molecule has 0 saturated carbocycles. The Morgan fingerprint density at radius 2 is 2.00 bits per heavy atom. The first-order chi connectivity index (χ1) is 9.38. The van der Waals surface area contributed by atoms with E-state index in [0.29, 0.717) is 0 Å². The summed E-state index contributed by atoms with van der Waals surface area (Å²) in [4.78, 5) is 22.2. The van der Waals surface area contributed by atoms with Crippen LogP contribution in [0.3, 0.4) is 0 Å². The van der Waals surface area contributed by atoms with Crippen molar-refractivity contribution in [3.63, 3.8) is 0 Å². The molecule has 20 heavy (non-hydrogen) atoms. The number of hydrogen-bond donors (Lipinski definition) is 2. The molecule has 8 heteroatoms. The molecule has 1 aliphatic heterocycles. The number of carbonyl (C=O) groups is 2. The van der Waals surface area contributed by atoms with E-state index in [0.717, 1.165) is 0 Å². The molecule has 1 aliphatic rings. The number of rotatable bonds is 6. The third-order valence-corrected chi connectivity index (χ3v) is 2.87. The van der Waals surface area contributed by atoms with E-state index in [-0.39, 0.29) is 6.42 Å². The number of ether oxygens (including phenoxy) is 4. The molecular formula is C12H20O8. The summed E-state index contributed by atoms with van der Waals surface area (Å²) in [5.74, 6) is -1.17. The van der Waals surface area contributed by atoms with Gasteiger partial charge in [-0.15, -0.1) is 0 Å². The van der Waals surface area contributed by atoms with Crippen LogP contribution in [0.4, 0.5) is 0 Å². The Labute approximate surface area is 116 Å². The van der Waals surface area contributed by atoms with Crippen LogP contribution in [0, 0.1) is 0 Å². The highest BCUT2D eigenvalue weighted by atomic mass is 16.7. The Morgan fingerprint density at radius 1 is 1.35 bits per heavy atom. The summed E-state index contributed by atoms with van der Waals surface area (Å²) in [6.45, 7) is 1.78. The van der Waals surface area contributed by atoms with Crippen LogP contribution in [-0.2, 0) is 28.5 Å². The van der Waals surface area contributed by atoms with Crippen molar-refractivity contribution < 1.29 is 38.7 Å². The standard InChI is InChI=1S/C12H20O8/c1-6(14)18-9-4-10(17-3)20-12(9)11(8(16)5-13)19-7(2)15/h8-13,16H,4-5H2,1-3H3/t8-,9+,10?,11+,12+/m1/s1. The van der Waals surface area contributed by atoms with Gasteiger partial charge in [-0.25, -0.2) is 0 Å². The molecule has 1 saturated heterocycles. The molecule has 1 heterocycles. The summed E-state index contributed by atoms with van der Waals surface area (Å²) < 4.78 is 20.5. The first-order valence-corrected chi connectivity index (χ1v) is 6.20. The quantitative estimate of drug-likeness (QED) is 0.597. The summed E-state index contributed by atoms with van der Waals surface area (Å²) in [5.41, 5.74) is 0. The Bertz CT molecular complexity index is 344. The van der Waals surface area contributed by atoms with E-state index < -0.39 is 49.3 Å². The van der Waals surface area contributed by atoms with E-state index in [1.807, 2.05) is 0 Å². The lowest BCUT2D eigenvalue weighted by Gasteiger charge is -2.29. The van der Waals surface area contributed by atoms with Gasteiger partial charge in [0, 0.05) is 27.4 Å². The molecule has 1 fully saturated rings. The molecule has 0 radical (unpaired) electrons. The molecule has 0 aromatic heterocycles. The van der Waals surface area contributed by atoms with E-state index in [9.17, 15) is 14.7 Å². The maximum absolute atomic E-state index is 11.1. The smallest absolute Gasteiger partial charge is 0.303 e. The molecule has 5 atom stereocenters. The Balaban J connectivity index is 2.88. The van der Waals surface area contributed by atoms with Crippen molar-refractivity contribution in [2.45, 2.75) is 51.0 Å². The fraction of sp³-hybridized carbons (Fsp3) is 0.833. The number of aliphatic hydroxyl groups is 2. The lowest BCUT2D eigenvalue weighted by molar-refractivity contribution is -0.192. The molecule has 0 aromatic rings. The van der Waals surface area contributed by atoms with Crippen LogP contribution in [0.1, 0.15) is 20.3 Å². The average molecular weight is 292 g/mol.